The summed E-state index contributed by atoms with van der Waals surface area (Å²) in [5, 5.41) is 9.38. The zero-order valence-electron chi connectivity index (χ0n) is 11.3. The van der Waals surface area contributed by atoms with E-state index >= 15 is 0 Å². The molecule has 19 heavy (non-hydrogen) atoms. The van der Waals surface area contributed by atoms with Gasteiger partial charge in [-0.25, -0.2) is 4.79 Å². The van der Waals surface area contributed by atoms with Gasteiger partial charge in [0, 0.05) is 24.3 Å². The van der Waals surface area contributed by atoms with Crippen molar-refractivity contribution in [1.82, 2.24) is 10.2 Å². The standard InChI is InChI=1S/C11H12N2O2.C3H7N/c14-9-5-2-6-13-10-7(9)3-1-4-8(10)12-11(13)15;1-3(2)4/h1,3-4,8,10H,2,5-6H2,(H,12,15);4H,1-2H3. The van der Waals surface area contributed by atoms with Crippen molar-refractivity contribution in [3.05, 3.63) is 23.8 Å². The van der Waals surface area contributed by atoms with Gasteiger partial charge in [-0.1, -0.05) is 18.2 Å². The lowest BCUT2D eigenvalue weighted by Gasteiger charge is -2.25. The molecule has 0 aromatic heterocycles. The largest absolute Gasteiger partial charge is 0.329 e. The summed E-state index contributed by atoms with van der Waals surface area (Å²) < 4.78 is 0. The Morgan fingerprint density at radius 1 is 1.42 bits per heavy atom. The first kappa shape index (κ1) is 13.5. The Morgan fingerprint density at radius 2 is 2.11 bits per heavy atom. The molecule has 0 spiro atoms. The van der Waals surface area contributed by atoms with E-state index in [1.54, 1.807) is 18.7 Å². The molecule has 3 aliphatic rings. The van der Waals surface area contributed by atoms with Crippen LogP contribution in [0.2, 0.25) is 0 Å². The smallest absolute Gasteiger partial charge is 0.318 e. The van der Waals surface area contributed by atoms with Crippen LogP contribution in [0.3, 0.4) is 0 Å². The predicted molar refractivity (Wildman–Crippen MR) is 73.4 cm³/mol. The molecule has 2 unspecified atom stereocenters. The Bertz CT molecular complexity index is 475. The number of carbonyl (C=O) groups excluding carboxylic acids is 2. The Kier molecular flexibility index (Phi) is 3.83. The second-order valence-corrected chi connectivity index (χ2v) is 5.15. The highest BCUT2D eigenvalue weighted by atomic mass is 16.2. The second kappa shape index (κ2) is 5.38. The van der Waals surface area contributed by atoms with Crippen molar-refractivity contribution in [2.75, 3.05) is 6.54 Å². The zero-order chi connectivity index (χ0) is 14.0. The fourth-order valence-electron chi connectivity index (χ4n) is 2.57. The van der Waals surface area contributed by atoms with Crippen molar-refractivity contribution in [2.45, 2.75) is 38.8 Å². The van der Waals surface area contributed by atoms with Crippen LogP contribution in [-0.4, -0.2) is 41.1 Å². The van der Waals surface area contributed by atoms with Crippen LogP contribution in [0.5, 0.6) is 0 Å². The third-order valence-electron chi connectivity index (χ3n) is 3.26. The Hall–Kier alpha value is -1.91. The molecule has 3 rings (SSSR count). The topological polar surface area (TPSA) is 73.3 Å². The maximum atomic E-state index is 11.8. The Morgan fingerprint density at radius 3 is 2.79 bits per heavy atom. The molecule has 2 heterocycles. The third kappa shape index (κ3) is 2.75. The summed E-state index contributed by atoms with van der Waals surface area (Å²) >= 11 is 0. The van der Waals surface area contributed by atoms with E-state index in [1.807, 2.05) is 18.2 Å². The monoisotopic (exact) mass is 261 g/mol. The number of Topliss-reactive ketones (excluding diaryl/α,β-unsaturated/α-hetero) is 1. The van der Waals surface area contributed by atoms with E-state index < -0.39 is 0 Å². The lowest BCUT2D eigenvalue weighted by Crippen LogP contribution is -2.39. The molecular formula is C14H19N3O2. The molecule has 5 nitrogen and oxygen atoms in total. The summed E-state index contributed by atoms with van der Waals surface area (Å²) in [6, 6.07) is -0.116. The molecule has 0 aromatic rings. The molecule has 0 saturated carbocycles. The number of allylic oxidation sites excluding steroid dienone is 2. The van der Waals surface area contributed by atoms with Gasteiger partial charge < -0.3 is 15.6 Å². The maximum absolute atomic E-state index is 11.8. The van der Waals surface area contributed by atoms with Crippen LogP contribution >= 0.6 is 0 Å². The average Bonchev–Trinajstić information content (AvgIpc) is 2.53. The van der Waals surface area contributed by atoms with Gasteiger partial charge in [0.25, 0.3) is 0 Å². The summed E-state index contributed by atoms with van der Waals surface area (Å²) in [6.45, 7) is 4.18. The van der Waals surface area contributed by atoms with Gasteiger partial charge in [0.15, 0.2) is 5.78 Å². The van der Waals surface area contributed by atoms with Gasteiger partial charge in [0.05, 0.1) is 12.1 Å². The zero-order valence-corrected chi connectivity index (χ0v) is 11.3. The molecule has 2 aliphatic heterocycles. The van der Waals surface area contributed by atoms with Crippen LogP contribution in [0.15, 0.2) is 23.8 Å². The van der Waals surface area contributed by atoms with Crippen molar-refractivity contribution in [2.24, 2.45) is 0 Å². The molecule has 2 N–H and O–H groups in total. The van der Waals surface area contributed by atoms with Crippen LogP contribution in [0.25, 0.3) is 0 Å². The van der Waals surface area contributed by atoms with Crippen molar-refractivity contribution < 1.29 is 9.59 Å². The summed E-state index contributed by atoms with van der Waals surface area (Å²) in [6.07, 6.45) is 7.00. The molecule has 2 saturated heterocycles. The number of hydrogen-bond acceptors (Lipinski definition) is 3. The minimum absolute atomic E-state index is 0.0143. The van der Waals surface area contributed by atoms with Gasteiger partial charge in [-0.2, -0.15) is 0 Å². The van der Waals surface area contributed by atoms with Crippen molar-refractivity contribution in [3.63, 3.8) is 0 Å². The number of ketones is 1. The van der Waals surface area contributed by atoms with Crippen LogP contribution in [0.1, 0.15) is 26.7 Å². The summed E-state index contributed by atoms with van der Waals surface area (Å²) in [5.74, 6) is 0.188. The Labute approximate surface area is 112 Å². The van der Waals surface area contributed by atoms with E-state index in [2.05, 4.69) is 5.32 Å². The van der Waals surface area contributed by atoms with Crippen LogP contribution in [-0.2, 0) is 4.79 Å². The molecule has 1 aliphatic carbocycles. The predicted octanol–water partition coefficient (Wildman–Crippen LogP) is 1.65. The summed E-state index contributed by atoms with van der Waals surface area (Å²) in [4.78, 5) is 25.2. The molecule has 102 valence electrons. The molecule has 0 radical (unpaired) electrons. The number of rotatable bonds is 0. The number of hydrogen-bond donors (Lipinski definition) is 2. The van der Waals surface area contributed by atoms with E-state index in [4.69, 9.17) is 5.41 Å². The van der Waals surface area contributed by atoms with Gasteiger partial charge in [0.1, 0.15) is 0 Å². The SMILES string of the molecule is CC(C)=N.O=C1CCCN2C(=O)NC3C=CC=C1C32. The lowest BCUT2D eigenvalue weighted by molar-refractivity contribution is -0.115. The highest BCUT2D eigenvalue weighted by molar-refractivity contribution is 5.99. The molecular weight excluding hydrogens is 242 g/mol. The third-order valence-corrected chi connectivity index (χ3v) is 3.26. The molecule has 2 amide bonds. The van der Waals surface area contributed by atoms with Crippen LogP contribution in [0.4, 0.5) is 4.79 Å². The molecule has 2 fully saturated rings. The number of carbonyl (C=O) groups is 2. The quantitative estimate of drug-likeness (QED) is 0.651. The minimum Gasteiger partial charge on any atom is -0.329 e. The first-order chi connectivity index (χ1) is 9.00. The van der Waals surface area contributed by atoms with Gasteiger partial charge >= 0.3 is 6.03 Å². The fourth-order valence-corrected chi connectivity index (χ4v) is 2.57. The summed E-state index contributed by atoms with van der Waals surface area (Å²) in [5.41, 5.74) is 1.46. The van der Waals surface area contributed by atoms with E-state index in [9.17, 15) is 9.59 Å². The highest BCUT2D eigenvalue weighted by Crippen LogP contribution is 2.29. The van der Waals surface area contributed by atoms with E-state index in [-0.39, 0.29) is 23.9 Å². The molecule has 2 atom stereocenters. The average molecular weight is 261 g/mol. The second-order valence-electron chi connectivity index (χ2n) is 5.15. The van der Waals surface area contributed by atoms with Crippen molar-refractivity contribution in [1.29, 1.82) is 5.41 Å². The molecule has 5 heteroatoms. The van der Waals surface area contributed by atoms with Gasteiger partial charge in [-0.15, -0.1) is 0 Å². The van der Waals surface area contributed by atoms with E-state index in [0.717, 1.165) is 12.0 Å². The molecule has 0 aromatic carbocycles. The van der Waals surface area contributed by atoms with E-state index in [0.29, 0.717) is 18.7 Å². The van der Waals surface area contributed by atoms with Crippen molar-refractivity contribution in [3.8, 4) is 0 Å². The number of nitrogens with one attached hydrogen (secondary N) is 2. The normalized spacial score (nSPS) is 27.7. The maximum Gasteiger partial charge on any atom is 0.318 e. The van der Waals surface area contributed by atoms with Gasteiger partial charge in [-0.05, 0) is 20.3 Å². The first-order valence-corrected chi connectivity index (χ1v) is 6.51. The number of amides is 2. The van der Waals surface area contributed by atoms with E-state index in [1.165, 1.54) is 0 Å². The van der Waals surface area contributed by atoms with Crippen LogP contribution < -0.4 is 5.32 Å². The van der Waals surface area contributed by atoms with Crippen molar-refractivity contribution >= 4 is 17.5 Å². The summed E-state index contributed by atoms with van der Waals surface area (Å²) in [7, 11) is 0. The highest BCUT2D eigenvalue weighted by Gasteiger charge is 2.43. The van der Waals surface area contributed by atoms with Gasteiger partial charge in [-0.3, -0.25) is 4.79 Å². The van der Waals surface area contributed by atoms with Crippen LogP contribution in [0, 0.1) is 5.41 Å². The minimum atomic E-state index is -0.0579. The Balaban J connectivity index is 0.000000297. The first-order valence-electron chi connectivity index (χ1n) is 6.51. The number of nitrogens with zero attached hydrogens (tertiary/aromatic N) is 1. The lowest BCUT2D eigenvalue weighted by atomic mass is 9.92. The van der Waals surface area contributed by atoms with Gasteiger partial charge in [0.2, 0.25) is 0 Å². The fraction of sp³-hybridized carbons (Fsp3) is 0.500. The number of urea groups is 1. The molecule has 0 bridgehead atoms.